The Morgan fingerprint density at radius 1 is 1.00 bits per heavy atom. The molecule has 0 aromatic heterocycles. The van der Waals surface area contributed by atoms with Crippen LogP contribution in [-0.4, -0.2) is 46.7 Å². The van der Waals surface area contributed by atoms with Crippen LogP contribution in [0, 0.1) is 5.92 Å². The van der Waals surface area contributed by atoms with Crippen LogP contribution in [0.4, 0.5) is 11.4 Å². The van der Waals surface area contributed by atoms with Gasteiger partial charge in [-0.3, -0.25) is 9.52 Å². The van der Waals surface area contributed by atoms with E-state index in [-0.39, 0.29) is 27.3 Å². The van der Waals surface area contributed by atoms with E-state index in [0.717, 1.165) is 24.1 Å². The van der Waals surface area contributed by atoms with E-state index >= 15 is 0 Å². The molecular formula is C22H27N3O5S2. The number of carbonyl (C=O) groups is 1. The van der Waals surface area contributed by atoms with Crippen molar-refractivity contribution in [2.45, 2.75) is 42.9 Å². The maximum Gasteiger partial charge on any atom is 0.261 e. The highest BCUT2D eigenvalue weighted by Crippen LogP contribution is 2.37. The largest absolute Gasteiger partial charge is 0.312 e. The first kappa shape index (κ1) is 22.8. The van der Waals surface area contributed by atoms with Gasteiger partial charge in [0.15, 0.2) is 0 Å². The van der Waals surface area contributed by atoms with Gasteiger partial charge in [-0.2, -0.15) is 4.31 Å². The molecule has 1 amide bonds. The highest BCUT2D eigenvalue weighted by Gasteiger charge is 2.36. The molecule has 1 heterocycles. The summed E-state index contributed by atoms with van der Waals surface area (Å²) >= 11 is 0. The van der Waals surface area contributed by atoms with E-state index in [1.54, 1.807) is 30.9 Å². The molecule has 1 saturated carbocycles. The molecule has 0 unspecified atom stereocenters. The zero-order chi connectivity index (χ0) is 23.1. The summed E-state index contributed by atoms with van der Waals surface area (Å²) in [6.07, 6.45) is 2.47. The molecule has 1 aliphatic carbocycles. The third kappa shape index (κ3) is 4.26. The molecule has 2 aliphatic rings. The van der Waals surface area contributed by atoms with Crippen molar-refractivity contribution in [1.82, 2.24) is 4.31 Å². The monoisotopic (exact) mass is 477 g/mol. The van der Waals surface area contributed by atoms with Crippen LogP contribution < -0.4 is 9.62 Å². The van der Waals surface area contributed by atoms with Crippen LogP contribution in [0.5, 0.6) is 0 Å². The zero-order valence-electron chi connectivity index (χ0n) is 18.1. The third-order valence-electron chi connectivity index (χ3n) is 5.90. The van der Waals surface area contributed by atoms with Crippen molar-refractivity contribution in [3.05, 3.63) is 48.0 Å². The second-order valence-corrected chi connectivity index (χ2v) is 11.6. The Balaban J connectivity index is 1.52. The maximum absolute atomic E-state index is 12.9. The molecule has 2 aromatic rings. The van der Waals surface area contributed by atoms with Crippen molar-refractivity contribution in [3.63, 3.8) is 0 Å². The average Bonchev–Trinajstić information content (AvgIpc) is 3.53. The predicted octanol–water partition coefficient (Wildman–Crippen LogP) is 2.82. The standard InChI is InChI=1S/C22H27N3O5S2/c1-3-24(4-2)32(29,30)19-9-7-18(8-10-19)23-31(27,28)20-11-12-21-17(15-20)13-14-25(21)22(26)16-5-6-16/h7-12,15-16,23H,3-6,13-14H2,1-2H3. The molecule has 0 atom stereocenters. The lowest BCUT2D eigenvalue weighted by molar-refractivity contribution is -0.119. The van der Waals surface area contributed by atoms with Crippen LogP contribution in [0.15, 0.2) is 52.3 Å². The first-order valence-corrected chi connectivity index (χ1v) is 13.7. The van der Waals surface area contributed by atoms with Crippen LogP contribution in [0.25, 0.3) is 0 Å². The molecule has 1 aliphatic heterocycles. The Morgan fingerprint density at radius 3 is 2.22 bits per heavy atom. The fraction of sp³-hybridized carbons (Fsp3) is 0.409. The lowest BCUT2D eigenvalue weighted by Gasteiger charge is -2.18. The summed E-state index contributed by atoms with van der Waals surface area (Å²) in [5.41, 5.74) is 1.89. The maximum atomic E-state index is 12.9. The number of nitrogens with one attached hydrogen (secondary N) is 1. The molecule has 0 radical (unpaired) electrons. The number of hydrogen-bond donors (Lipinski definition) is 1. The summed E-state index contributed by atoms with van der Waals surface area (Å²) in [6, 6.07) is 10.5. The van der Waals surface area contributed by atoms with Gasteiger partial charge < -0.3 is 4.90 Å². The molecule has 0 spiro atoms. The van der Waals surface area contributed by atoms with Crippen LogP contribution in [0.1, 0.15) is 32.3 Å². The summed E-state index contributed by atoms with van der Waals surface area (Å²) in [5.74, 6) is 0.233. The molecule has 10 heteroatoms. The number of benzene rings is 2. The normalized spacial score (nSPS) is 16.3. The molecular weight excluding hydrogens is 450 g/mol. The van der Waals surface area contributed by atoms with Crippen molar-refractivity contribution in [2.75, 3.05) is 29.3 Å². The molecule has 1 fully saturated rings. The fourth-order valence-electron chi connectivity index (χ4n) is 3.95. The minimum Gasteiger partial charge on any atom is -0.312 e. The Morgan fingerprint density at radius 2 is 1.62 bits per heavy atom. The van der Waals surface area contributed by atoms with Gasteiger partial charge in [-0.05, 0) is 67.3 Å². The van der Waals surface area contributed by atoms with E-state index in [9.17, 15) is 21.6 Å². The Kier molecular flexibility index (Phi) is 6.04. The Hall–Kier alpha value is -2.43. The topological polar surface area (TPSA) is 104 Å². The number of nitrogens with zero attached hydrogens (tertiary/aromatic N) is 2. The molecule has 0 bridgehead atoms. The quantitative estimate of drug-likeness (QED) is 0.630. The lowest BCUT2D eigenvalue weighted by Crippen LogP contribution is -2.30. The van der Waals surface area contributed by atoms with Crippen LogP contribution in [-0.2, 0) is 31.3 Å². The summed E-state index contributed by atoms with van der Waals surface area (Å²) < 4.78 is 54.8. The lowest BCUT2D eigenvalue weighted by atomic mass is 10.2. The molecule has 0 saturated heterocycles. The fourth-order valence-corrected chi connectivity index (χ4v) is 6.51. The number of carbonyl (C=O) groups excluding carboxylic acids is 1. The summed E-state index contributed by atoms with van der Waals surface area (Å²) in [7, 11) is -7.47. The van der Waals surface area contributed by atoms with Crippen molar-refractivity contribution < 1.29 is 21.6 Å². The van der Waals surface area contributed by atoms with Crippen molar-refractivity contribution in [1.29, 1.82) is 0 Å². The molecule has 4 rings (SSSR count). The first-order valence-electron chi connectivity index (χ1n) is 10.7. The van der Waals surface area contributed by atoms with Gasteiger partial charge in [0, 0.05) is 36.9 Å². The van der Waals surface area contributed by atoms with Crippen LogP contribution >= 0.6 is 0 Å². The number of rotatable bonds is 8. The van der Waals surface area contributed by atoms with Gasteiger partial charge in [-0.1, -0.05) is 13.8 Å². The number of anilines is 2. The highest BCUT2D eigenvalue weighted by molar-refractivity contribution is 7.92. The SMILES string of the molecule is CCN(CC)S(=O)(=O)c1ccc(NS(=O)(=O)c2ccc3c(c2)CCN3C(=O)C2CC2)cc1. The molecule has 8 nitrogen and oxygen atoms in total. The number of sulfonamides is 2. The second kappa shape index (κ2) is 8.49. The molecule has 32 heavy (non-hydrogen) atoms. The van der Waals surface area contributed by atoms with Gasteiger partial charge >= 0.3 is 0 Å². The number of amides is 1. The van der Waals surface area contributed by atoms with Crippen molar-refractivity contribution in [3.8, 4) is 0 Å². The highest BCUT2D eigenvalue weighted by atomic mass is 32.2. The zero-order valence-corrected chi connectivity index (χ0v) is 19.7. The molecule has 1 N–H and O–H groups in total. The van der Waals surface area contributed by atoms with Crippen LogP contribution in [0.2, 0.25) is 0 Å². The minimum absolute atomic E-state index is 0.108. The van der Waals surface area contributed by atoms with Crippen LogP contribution in [0.3, 0.4) is 0 Å². The van der Waals surface area contributed by atoms with Crippen molar-refractivity contribution in [2.24, 2.45) is 5.92 Å². The summed E-state index contributed by atoms with van der Waals surface area (Å²) in [4.78, 5) is 14.4. The Bertz CT molecular complexity index is 1230. The van der Waals surface area contributed by atoms with Gasteiger partial charge in [0.05, 0.1) is 9.79 Å². The Labute approximate surface area is 189 Å². The summed E-state index contributed by atoms with van der Waals surface area (Å²) in [5, 5.41) is 0. The van der Waals surface area contributed by atoms with E-state index < -0.39 is 20.0 Å². The van der Waals surface area contributed by atoms with E-state index in [2.05, 4.69) is 4.72 Å². The van der Waals surface area contributed by atoms with E-state index in [4.69, 9.17) is 0 Å². The third-order valence-corrected chi connectivity index (χ3v) is 9.34. The number of hydrogen-bond acceptors (Lipinski definition) is 5. The summed E-state index contributed by atoms with van der Waals surface area (Å²) in [6.45, 7) is 4.82. The second-order valence-electron chi connectivity index (χ2n) is 8.02. The number of fused-ring (bicyclic) bond motifs is 1. The predicted molar refractivity (Wildman–Crippen MR) is 123 cm³/mol. The van der Waals surface area contributed by atoms with Gasteiger partial charge in [0.25, 0.3) is 10.0 Å². The van der Waals surface area contributed by atoms with Crippen molar-refractivity contribution >= 4 is 37.3 Å². The average molecular weight is 478 g/mol. The van der Waals surface area contributed by atoms with Gasteiger partial charge in [-0.15, -0.1) is 0 Å². The van der Waals surface area contributed by atoms with E-state index in [1.807, 2.05) is 0 Å². The van der Waals surface area contributed by atoms with Gasteiger partial charge in [0.2, 0.25) is 15.9 Å². The van der Waals surface area contributed by atoms with Gasteiger partial charge in [-0.25, -0.2) is 16.8 Å². The first-order chi connectivity index (χ1) is 15.2. The smallest absolute Gasteiger partial charge is 0.261 e. The van der Waals surface area contributed by atoms with Gasteiger partial charge in [0.1, 0.15) is 0 Å². The molecule has 2 aromatic carbocycles. The molecule has 172 valence electrons. The van der Waals surface area contributed by atoms with E-state index in [1.165, 1.54) is 34.6 Å². The van der Waals surface area contributed by atoms with E-state index in [0.29, 0.717) is 26.1 Å². The minimum atomic E-state index is -3.86.